The van der Waals surface area contributed by atoms with Gasteiger partial charge in [0.15, 0.2) is 0 Å². The predicted molar refractivity (Wildman–Crippen MR) is 61.3 cm³/mol. The van der Waals surface area contributed by atoms with E-state index in [-0.39, 0.29) is 5.56 Å². The maximum atomic E-state index is 12.7. The lowest BCUT2D eigenvalue weighted by Crippen LogP contribution is -2.30. The Morgan fingerprint density at radius 3 is 2.76 bits per heavy atom. The molecule has 1 aliphatic rings. The molecular formula is C10H11F3O2S2. The van der Waals surface area contributed by atoms with Gasteiger partial charge in [-0.15, -0.1) is 0 Å². The van der Waals surface area contributed by atoms with Crippen LogP contribution in [0.1, 0.15) is 17.2 Å². The van der Waals surface area contributed by atoms with Crippen molar-refractivity contribution in [3.05, 3.63) is 21.9 Å². The van der Waals surface area contributed by atoms with E-state index in [1.165, 1.54) is 5.38 Å². The third kappa shape index (κ3) is 2.96. The van der Waals surface area contributed by atoms with Crippen LogP contribution in [-0.4, -0.2) is 29.3 Å². The zero-order valence-electron chi connectivity index (χ0n) is 8.74. The van der Waals surface area contributed by atoms with Gasteiger partial charge in [-0.1, -0.05) is 0 Å². The van der Waals surface area contributed by atoms with Gasteiger partial charge in [0, 0.05) is 22.4 Å². The molecule has 2 nitrogen and oxygen atoms in total. The van der Waals surface area contributed by atoms with Gasteiger partial charge >= 0.3 is 6.18 Å². The van der Waals surface area contributed by atoms with E-state index in [2.05, 4.69) is 0 Å². The molecule has 0 saturated carbocycles. The first-order valence-corrected chi connectivity index (χ1v) is 7.10. The minimum atomic E-state index is -4.42. The van der Waals surface area contributed by atoms with Crippen molar-refractivity contribution in [2.75, 3.05) is 18.1 Å². The topological polar surface area (TPSA) is 29.5 Å². The monoisotopic (exact) mass is 284 g/mol. The second-order valence-corrected chi connectivity index (χ2v) is 5.56. The molecule has 2 unspecified atom stereocenters. The molecule has 96 valence electrons. The number of thiophene rings is 1. The number of hydrogen-bond acceptors (Lipinski definition) is 4. The van der Waals surface area contributed by atoms with E-state index in [1.807, 2.05) is 0 Å². The highest BCUT2D eigenvalue weighted by atomic mass is 32.2. The van der Waals surface area contributed by atoms with Crippen LogP contribution in [0.15, 0.2) is 10.8 Å². The predicted octanol–water partition coefficient (Wildman–Crippen LogP) is 2.93. The molecule has 2 rings (SSSR count). The third-order valence-corrected chi connectivity index (χ3v) is 4.29. The van der Waals surface area contributed by atoms with Crippen LogP contribution in [0.2, 0.25) is 0 Å². The summed E-state index contributed by atoms with van der Waals surface area (Å²) in [5, 5.41) is 12.3. The van der Waals surface area contributed by atoms with Crippen molar-refractivity contribution in [2.24, 2.45) is 0 Å². The van der Waals surface area contributed by atoms with Crippen LogP contribution < -0.4 is 0 Å². The highest BCUT2D eigenvalue weighted by molar-refractivity contribution is 7.99. The van der Waals surface area contributed by atoms with Crippen molar-refractivity contribution >= 4 is 23.1 Å². The van der Waals surface area contributed by atoms with Gasteiger partial charge in [-0.25, -0.2) is 0 Å². The fraction of sp³-hybridized carbons (Fsp3) is 0.600. The Morgan fingerprint density at radius 2 is 2.18 bits per heavy atom. The van der Waals surface area contributed by atoms with Crippen LogP contribution in [-0.2, 0) is 10.9 Å². The third-order valence-electron chi connectivity index (χ3n) is 2.51. The number of aliphatic hydroxyl groups excluding tert-OH is 1. The van der Waals surface area contributed by atoms with E-state index in [0.29, 0.717) is 12.4 Å². The van der Waals surface area contributed by atoms with E-state index in [0.717, 1.165) is 22.5 Å². The normalized spacial score (nSPS) is 23.6. The molecule has 1 N–H and O–H groups in total. The van der Waals surface area contributed by atoms with Crippen LogP contribution in [0.3, 0.4) is 0 Å². The molecule has 0 aliphatic carbocycles. The fourth-order valence-electron chi connectivity index (χ4n) is 1.65. The SMILES string of the molecule is OC(c1cscc1C(F)(F)F)C1CSCCO1. The summed E-state index contributed by atoms with van der Waals surface area (Å²) in [5.74, 6) is 1.34. The molecule has 1 fully saturated rings. The van der Waals surface area contributed by atoms with Crippen molar-refractivity contribution in [3.63, 3.8) is 0 Å². The average Bonchev–Trinajstić information content (AvgIpc) is 2.78. The van der Waals surface area contributed by atoms with Crippen LogP contribution in [0.5, 0.6) is 0 Å². The van der Waals surface area contributed by atoms with Crippen LogP contribution >= 0.6 is 23.1 Å². The van der Waals surface area contributed by atoms with Gasteiger partial charge in [0.05, 0.1) is 18.3 Å². The highest BCUT2D eigenvalue weighted by Gasteiger charge is 2.38. The lowest BCUT2D eigenvalue weighted by Gasteiger charge is -2.27. The lowest BCUT2D eigenvalue weighted by molar-refractivity contribution is -0.139. The first kappa shape index (κ1) is 13.2. The maximum Gasteiger partial charge on any atom is 0.417 e. The molecular weight excluding hydrogens is 273 g/mol. The molecule has 0 aromatic carbocycles. The lowest BCUT2D eigenvalue weighted by atomic mass is 10.0. The Balaban J connectivity index is 2.18. The second kappa shape index (κ2) is 5.17. The Bertz CT molecular complexity index is 372. The van der Waals surface area contributed by atoms with E-state index in [9.17, 15) is 18.3 Å². The molecule has 0 radical (unpaired) electrons. The summed E-state index contributed by atoms with van der Waals surface area (Å²) in [4.78, 5) is 0. The Kier molecular flexibility index (Phi) is 4.02. The molecule has 2 atom stereocenters. The Hall–Kier alpha value is -0.240. The molecule has 1 saturated heterocycles. The van der Waals surface area contributed by atoms with Crippen molar-refractivity contribution in [1.29, 1.82) is 0 Å². The minimum absolute atomic E-state index is 0.0741. The number of thioether (sulfide) groups is 1. The first-order chi connectivity index (χ1) is 8.00. The zero-order valence-corrected chi connectivity index (χ0v) is 10.4. The van der Waals surface area contributed by atoms with Crippen LogP contribution in [0.25, 0.3) is 0 Å². The molecule has 1 aliphatic heterocycles. The molecule has 7 heteroatoms. The first-order valence-electron chi connectivity index (χ1n) is 5.01. The standard InChI is InChI=1S/C10H11F3O2S2/c11-10(12,13)7-4-17-3-6(7)9(14)8-5-16-2-1-15-8/h3-4,8-9,14H,1-2,5H2. The zero-order chi connectivity index (χ0) is 12.5. The van der Waals surface area contributed by atoms with Crippen molar-refractivity contribution in [1.82, 2.24) is 0 Å². The number of ether oxygens (including phenoxy) is 1. The van der Waals surface area contributed by atoms with Gasteiger partial charge in [-0.05, 0) is 5.38 Å². The van der Waals surface area contributed by atoms with Crippen LogP contribution in [0.4, 0.5) is 13.2 Å². The molecule has 2 heterocycles. The Morgan fingerprint density at radius 1 is 1.41 bits per heavy atom. The van der Waals surface area contributed by atoms with Gasteiger partial charge < -0.3 is 9.84 Å². The molecule has 1 aromatic heterocycles. The number of halogens is 3. The maximum absolute atomic E-state index is 12.7. The van der Waals surface area contributed by atoms with Gasteiger partial charge in [0.2, 0.25) is 0 Å². The summed E-state index contributed by atoms with van der Waals surface area (Å²) in [7, 11) is 0. The Labute approximate surface area is 105 Å². The van der Waals surface area contributed by atoms with Crippen molar-refractivity contribution < 1.29 is 23.0 Å². The summed E-state index contributed by atoms with van der Waals surface area (Å²) < 4.78 is 43.3. The summed E-state index contributed by atoms with van der Waals surface area (Å²) in [6.45, 7) is 0.470. The van der Waals surface area contributed by atoms with Crippen molar-refractivity contribution in [2.45, 2.75) is 18.4 Å². The molecule has 17 heavy (non-hydrogen) atoms. The summed E-state index contributed by atoms with van der Waals surface area (Å²) >= 11 is 2.52. The second-order valence-electron chi connectivity index (χ2n) is 3.67. The van der Waals surface area contributed by atoms with Gasteiger partial charge in [-0.3, -0.25) is 0 Å². The number of hydrogen-bond donors (Lipinski definition) is 1. The number of rotatable bonds is 2. The molecule has 0 spiro atoms. The highest BCUT2D eigenvalue weighted by Crippen LogP contribution is 2.39. The van der Waals surface area contributed by atoms with Crippen molar-refractivity contribution in [3.8, 4) is 0 Å². The molecule has 0 amide bonds. The van der Waals surface area contributed by atoms with E-state index in [4.69, 9.17) is 4.74 Å². The van der Waals surface area contributed by atoms with Gasteiger partial charge in [-0.2, -0.15) is 36.3 Å². The fourth-order valence-corrected chi connectivity index (χ4v) is 3.43. The summed E-state index contributed by atoms with van der Waals surface area (Å²) in [5.41, 5.74) is -0.829. The average molecular weight is 284 g/mol. The van der Waals surface area contributed by atoms with Gasteiger partial charge in [0.25, 0.3) is 0 Å². The molecule has 0 bridgehead atoms. The smallest absolute Gasteiger partial charge is 0.386 e. The summed E-state index contributed by atoms with van der Waals surface area (Å²) in [6, 6.07) is 0. The van der Waals surface area contributed by atoms with Gasteiger partial charge in [0.1, 0.15) is 6.10 Å². The largest absolute Gasteiger partial charge is 0.417 e. The van der Waals surface area contributed by atoms with E-state index in [1.54, 1.807) is 11.8 Å². The van der Waals surface area contributed by atoms with E-state index < -0.39 is 23.9 Å². The number of alkyl halides is 3. The quantitative estimate of drug-likeness (QED) is 0.905. The molecule has 1 aromatic rings. The van der Waals surface area contributed by atoms with E-state index >= 15 is 0 Å². The number of aliphatic hydroxyl groups is 1. The summed E-state index contributed by atoms with van der Waals surface area (Å²) in [6.07, 6.45) is -6.17. The minimum Gasteiger partial charge on any atom is -0.386 e. The van der Waals surface area contributed by atoms with Crippen LogP contribution in [0, 0.1) is 0 Å².